The lowest BCUT2D eigenvalue weighted by molar-refractivity contribution is -0.148. The zero-order valence-corrected chi connectivity index (χ0v) is 14.1. The number of aliphatic carboxylic acids is 1. The van der Waals surface area contributed by atoms with Crippen molar-refractivity contribution in [3.63, 3.8) is 0 Å². The molecule has 0 aliphatic carbocycles. The Morgan fingerprint density at radius 2 is 2.12 bits per heavy atom. The standard InChI is InChI=1S/C17H22N2O6/c1-2-24-16(23)18-7-4-10(5-8-18)19-9-17-6-3-11(25-17)12(15(21)22)13(17)14(19)20/h3,6,10-13H,2,4-5,7-9H2,1H3,(H,21,22)/t11-,12+,13-,17+/m0/s1. The molecule has 4 aliphatic heterocycles. The van der Waals surface area contributed by atoms with E-state index in [1.807, 2.05) is 6.08 Å². The van der Waals surface area contributed by atoms with Crippen molar-refractivity contribution in [3.8, 4) is 0 Å². The summed E-state index contributed by atoms with van der Waals surface area (Å²) in [4.78, 5) is 39.8. The summed E-state index contributed by atoms with van der Waals surface area (Å²) < 4.78 is 10.9. The molecule has 1 N–H and O–H groups in total. The van der Waals surface area contributed by atoms with Crippen LogP contribution in [0.15, 0.2) is 12.2 Å². The van der Waals surface area contributed by atoms with Crippen molar-refractivity contribution in [2.45, 2.75) is 37.5 Å². The maximum Gasteiger partial charge on any atom is 0.409 e. The third-order valence-corrected chi connectivity index (χ3v) is 5.85. The molecule has 0 aromatic carbocycles. The van der Waals surface area contributed by atoms with Gasteiger partial charge in [-0.25, -0.2) is 4.79 Å². The quantitative estimate of drug-likeness (QED) is 0.744. The fourth-order valence-electron chi connectivity index (χ4n) is 4.69. The minimum atomic E-state index is -0.978. The maximum absolute atomic E-state index is 12.9. The van der Waals surface area contributed by atoms with Gasteiger partial charge in [0.05, 0.1) is 25.2 Å². The number of hydrogen-bond acceptors (Lipinski definition) is 5. The van der Waals surface area contributed by atoms with Crippen LogP contribution in [0.25, 0.3) is 0 Å². The van der Waals surface area contributed by atoms with E-state index in [-0.39, 0.29) is 18.0 Å². The van der Waals surface area contributed by atoms with Crippen molar-refractivity contribution < 1.29 is 29.0 Å². The summed E-state index contributed by atoms with van der Waals surface area (Å²) >= 11 is 0. The van der Waals surface area contributed by atoms with Crippen LogP contribution in [0.4, 0.5) is 4.79 Å². The Hall–Kier alpha value is -2.09. The van der Waals surface area contributed by atoms with Gasteiger partial charge in [-0.3, -0.25) is 9.59 Å². The van der Waals surface area contributed by atoms with Crippen LogP contribution < -0.4 is 0 Å². The van der Waals surface area contributed by atoms with Crippen LogP contribution in [0.3, 0.4) is 0 Å². The Balaban J connectivity index is 1.46. The lowest BCUT2D eigenvalue weighted by Crippen LogP contribution is -2.48. The molecule has 3 fully saturated rings. The number of carbonyl (C=O) groups excluding carboxylic acids is 2. The van der Waals surface area contributed by atoms with Crippen LogP contribution in [0.2, 0.25) is 0 Å². The fraction of sp³-hybridized carbons (Fsp3) is 0.706. The average molecular weight is 350 g/mol. The first-order valence-corrected chi connectivity index (χ1v) is 8.79. The highest BCUT2D eigenvalue weighted by molar-refractivity contribution is 5.91. The Bertz CT molecular complexity index is 641. The number of carbonyl (C=O) groups is 3. The number of fused-ring (bicyclic) bond motifs is 1. The number of carboxylic acid groups (broad SMARTS) is 1. The Morgan fingerprint density at radius 1 is 1.40 bits per heavy atom. The van der Waals surface area contributed by atoms with Gasteiger partial charge in [-0.2, -0.15) is 0 Å². The van der Waals surface area contributed by atoms with E-state index in [9.17, 15) is 19.5 Å². The van der Waals surface area contributed by atoms with Crippen LogP contribution in [0.5, 0.6) is 0 Å². The molecule has 1 spiro atoms. The molecule has 4 heterocycles. The van der Waals surface area contributed by atoms with Gasteiger partial charge in [-0.1, -0.05) is 12.2 Å². The van der Waals surface area contributed by atoms with E-state index in [2.05, 4.69) is 0 Å². The summed E-state index contributed by atoms with van der Waals surface area (Å²) in [5.74, 6) is -2.55. The summed E-state index contributed by atoms with van der Waals surface area (Å²) in [5.41, 5.74) is -0.789. The number of rotatable bonds is 3. The summed E-state index contributed by atoms with van der Waals surface area (Å²) in [6.07, 6.45) is 4.15. The highest BCUT2D eigenvalue weighted by Crippen LogP contribution is 2.52. The summed E-state index contributed by atoms with van der Waals surface area (Å²) in [7, 11) is 0. The van der Waals surface area contributed by atoms with Gasteiger partial charge in [0.25, 0.3) is 0 Å². The van der Waals surface area contributed by atoms with E-state index in [1.54, 1.807) is 22.8 Å². The van der Waals surface area contributed by atoms with E-state index >= 15 is 0 Å². The van der Waals surface area contributed by atoms with Gasteiger partial charge in [0.15, 0.2) is 0 Å². The molecule has 8 heteroatoms. The molecule has 25 heavy (non-hydrogen) atoms. The monoisotopic (exact) mass is 350 g/mol. The molecule has 2 bridgehead atoms. The normalized spacial score (nSPS) is 36.8. The van der Waals surface area contributed by atoms with Gasteiger partial charge >= 0.3 is 12.1 Å². The average Bonchev–Trinajstić information content (AvgIpc) is 3.23. The predicted octanol–water partition coefficient (Wildman–Crippen LogP) is 0.474. The Kier molecular flexibility index (Phi) is 3.75. The minimum absolute atomic E-state index is 0.00338. The maximum atomic E-state index is 12.9. The van der Waals surface area contributed by atoms with Crippen molar-refractivity contribution >= 4 is 18.0 Å². The van der Waals surface area contributed by atoms with Crippen LogP contribution in [0, 0.1) is 11.8 Å². The Morgan fingerprint density at radius 3 is 2.76 bits per heavy atom. The van der Waals surface area contributed by atoms with Gasteiger partial charge in [-0.15, -0.1) is 0 Å². The fourth-order valence-corrected chi connectivity index (χ4v) is 4.69. The molecule has 4 aliphatic rings. The highest BCUT2D eigenvalue weighted by atomic mass is 16.6. The molecule has 2 amide bonds. The first kappa shape index (κ1) is 16.4. The number of nitrogens with zero attached hydrogens (tertiary/aromatic N) is 2. The van der Waals surface area contributed by atoms with E-state index in [0.29, 0.717) is 39.1 Å². The van der Waals surface area contributed by atoms with Crippen molar-refractivity contribution in [2.75, 3.05) is 26.2 Å². The molecule has 0 saturated carbocycles. The molecule has 0 unspecified atom stereocenters. The number of piperidine rings is 1. The number of hydrogen-bond donors (Lipinski definition) is 1. The molecule has 0 aromatic rings. The van der Waals surface area contributed by atoms with Crippen molar-refractivity contribution in [3.05, 3.63) is 12.2 Å². The van der Waals surface area contributed by atoms with Crippen molar-refractivity contribution in [2.24, 2.45) is 11.8 Å². The molecule has 8 nitrogen and oxygen atoms in total. The lowest BCUT2D eigenvalue weighted by Gasteiger charge is -2.37. The van der Waals surface area contributed by atoms with Crippen LogP contribution >= 0.6 is 0 Å². The molecule has 3 saturated heterocycles. The molecule has 136 valence electrons. The second kappa shape index (κ2) is 5.72. The van der Waals surface area contributed by atoms with Crippen molar-refractivity contribution in [1.82, 2.24) is 9.80 Å². The topological polar surface area (TPSA) is 96.4 Å². The lowest BCUT2D eigenvalue weighted by atomic mass is 9.77. The largest absolute Gasteiger partial charge is 0.481 e. The zero-order valence-electron chi connectivity index (χ0n) is 14.1. The summed E-state index contributed by atoms with van der Waals surface area (Å²) in [6, 6.07) is 0.00338. The van der Waals surface area contributed by atoms with Crippen LogP contribution in [-0.2, 0) is 19.1 Å². The van der Waals surface area contributed by atoms with Crippen LogP contribution in [0.1, 0.15) is 19.8 Å². The molecular formula is C17H22N2O6. The molecule has 4 atom stereocenters. The van der Waals surface area contributed by atoms with E-state index in [4.69, 9.17) is 9.47 Å². The number of likely N-dealkylation sites (tertiary alicyclic amines) is 2. The van der Waals surface area contributed by atoms with Gasteiger partial charge in [0.1, 0.15) is 11.5 Å². The highest BCUT2D eigenvalue weighted by Gasteiger charge is 2.67. The van der Waals surface area contributed by atoms with E-state index in [0.717, 1.165) is 0 Å². The smallest absolute Gasteiger partial charge is 0.409 e. The third kappa shape index (κ3) is 2.34. The predicted molar refractivity (Wildman–Crippen MR) is 84.7 cm³/mol. The van der Waals surface area contributed by atoms with Gasteiger partial charge in [-0.05, 0) is 19.8 Å². The number of carboxylic acids is 1. The summed E-state index contributed by atoms with van der Waals surface area (Å²) in [5, 5.41) is 9.50. The van der Waals surface area contributed by atoms with Crippen LogP contribution in [-0.4, -0.2) is 76.9 Å². The first-order valence-electron chi connectivity index (χ1n) is 8.79. The summed E-state index contributed by atoms with van der Waals surface area (Å²) in [6.45, 7) is 3.58. The third-order valence-electron chi connectivity index (χ3n) is 5.85. The number of amides is 2. The SMILES string of the molecule is CCOC(=O)N1CCC(N2C[C@@]34C=C[C@H](O3)[C@@H](C(=O)O)[C@H]4C2=O)CC1. The molecule has 0 radical (unpaired) electrons. The second-order valence-corrected chi connectivity index (χ2v) is 7.12. The molecule has 4 rings (SSSR count). The molecule has 0 aromatic heterocycles. The second-order valence-electron chi connectivity index (χ2n) is 7.12. The van der Waals surface area contributed by atoms with Crippen molar-refractivity contribution in [1.29, 1.82) is 0 Å². The van der Waals surface area contributed by atoms with Gasteiger partial charge < -0.3 is 24.4 Å². The zero-order chi connectivity index (χ0) is 17.8. The minimum Gasteiger partial charge on any atom is -0.481 e. The van der Waals surface area contributed by atoms with Gasteiger partial charge in [0.2, 0.25) is 5.91 Å². The Labute approximate surface area is 145 Å². The van der Waals surface area contributed by atoms with E-state index < -0.39 is 29.5 Å². The number of ether oxygens (including phenoxy) is 2. The van der Waals surface area contributed by atoms with Gasteiger partial charge in [0, 0.05) is 19.1 Å². The molecular weight excluding hydrogens is 328 g/mol. The van der Waals surface area contributed by atoms with E-state index in [1.165, 1.54) is 0 Å². The first-order chi connectivity index (χ1) is 12.0.